The molecule has 1 fully saturated rings. The first-order valence-electron chi connectivity index (χ1n) is 8.74. The molecule has 25 heavy (non-hydrogen) atoms. The van der Waals surface area contributed by atoms with Gasteiger partial charge in [0, 0.05) is 42.5 Å². The van der Waals surface area contributed by atoms with Gasteiger partial charge >= 0.3 is 0 Å². The molecule has 1 aliphatic heterocycles. The van der Waals surface area contributed by atoms with Crippen molar-refractivity contribution in [1.82, 2.24) is 4.90 Å². The van der Waals surface area contributed by atoms with Crippen LogP contribution in [0.5, 0.6) is 0 Å². The van der Waals surface area contributed by atoms with Gasteiger partial charge in [0.1, 0.15) is 0 Å². The number of para-hydroxylation sites is 1. The molecule has 2 aromatic rings. The molecule has 1 aliphatic rings. The second kappa shape index (κ2) is 8.68. The molecule has 0 radical (unpaired) electrons. The number of hydrogen-bond donors (Lipinski definition) is 1. The Morgan fingerprint density at radius 3 is 2.64 bits per heavy atom. The molecule has 0 aromatic heterocycles. The van der Waals surface area contributed by atoms with Crippen LogP contribution in [0.1, 0.15) is 24.8 Å². The topological polar surface area (TPSA) is 18.5 Å². The fourth-order valence-electron chi connectivity index (χ4n) is 3.20. The van der Waals surface area contributed by atoms with Crippen molar-refractivity contribution in [1.29, 1.82) is 0 Å². The molecule has 3 nitrogen and oxygen atoms in total. The quantitative estimate of drug-likeness (QED) is 0.682. The summed E-state index contributed by atoms with van der Waals surface area (Å²) < 4.78 is 1.04. The zero-order valence-corrected chi connectivity index (χ0v) is 16.9. The largest absolute Gasteiger partial charge is 0.371 e. The summed E-state index contributed by atoms with van der Waals surface area (Å²) in [5, 5.41) is 4.04. The SMILES string of the molecule is CN(Cc1ccccc1N1CCCCC1)C(=S)Nc1cccc(Br)c1. The average Bonchev–Trinajstić information content (AvgIpc) is 2.63. The Hall–Kier alpha value is -1.59. The number of hydrogen-bond acceptors (Lipinski definition) is 2. The third kappa shape index (κ3) is 4.95. The number of nitrogens with zero attached hydrogens (tertiary/aromatic N) is 2. The van der Waals surface area contributed by atoms with Crippen molar-refractivity contribution in [3.8, 4) is 0 Å². The van der Waals surface area contributed by atoms with Crippen molar-refractivity contribution in [2.24, 2.45) is 0 Å². The first kappa shape index (κ1) is 18.2. The smallest absolute Gasteiger partial charge is 0.173 e. The highest BCUT2D eigenvalue weighted by molar-refractivity contribution is 9.10. The summed E-state index contributed by atoms with van der Waals surface area (Å²) in [6.45, 7) is 3.11. The minimum Gasteiger partial charge on any atom is -0.371 e. The normalized spacial score (nSPS) is 14.2. The van der Waals surface area contributed by atoms with Crippen LogP contribution in [0.25, 0.3) is 0 Å². The van der Waals surface area contributed by atoms with Crippen molar-refractivity contribution >= 4 is 44.6 Å². The summed E-state index contributed by atoms with van der Waals surface area (Å²) in [4.78, 5) is 4.61. The average molecular weight is 418 g/mol. The predicted molar refractivity (Wildman–Crippen MR) is 114 cm³/mol. The maximum atomic E-state index is 5.59. The van der Waals surface area contributed by atoms with Crippen LogP contribution < -0.4 is 10.2 Å². The highest BCUT2D eigenvalue weighted by Crippen LogP contribution is 2.25. The van der Waals surface area contributed by atoms with Gasteiger partial charge in [-0.15, -0.1) is 0 Å². The summed E-state index contributed by atoms with van der Waals surface area (Å²) >= 11 is 9.08. The van der Waals surface area contributed by atoms with Gasteiger partial charge in [0.2, 0.25) is 0 Å². The van der Waals surface area contributed by atoms with Gasteiger partial charge in [0.05, 0.1) is 0 Å². The molecule has 0 atom stereocenters. The molecule has 0 aliphatic carbocycles. The van der Waals surface area contributed by atoms with E-state index in [1.165, 1.54) is 30.5 Å². The number of rotatable bonds is 4. The van der Waals surface area contributed by atoms with E-state index in [9.17, 15) is 0 Å². The fraction of sp³-hybridized carbons (Fsp3) is 0.350. The monoisotopic (exact) mass is 417 g/mol. The molecular formula is C20H24BrN3S. The number of anilines is 2. The van der Waals surface area contributed by atoms with Gasteiger partial charge in [0.15, 0.2) is 5.11 Å². The molecule has 1 N–H and O–H groups in total. The van der Waals surface area contributed by atoms with Crippen LogP contribution in [0.15, 0.2) is 53.0 Å². The highest BCUT2D eigenvalue weighted by Gasteiger charge is 2.15. The van der Waals surface area contributed by atoms with Crippen LogP contribution in [0.3, 0.4) is 0 Å². The lowest BCUT2D eigenvalue weighted by Gasteiger charge is -2.32. The molecule has 0 amide bonds. The second-order valence-corrected chi connectivity index (χ2v) is 7.78. The van der Waals surface area contributed by atoms with Gasteiger partial charge < -0.3 is 15.1 Å². The van der Waals surface area contributed by atoms with Crippen molar-refractivity contribution in [3.05, 3.63) is 58.6 Å². The summed E-state index contributed by atoms with van der Waals surface area (Å²) in [7, 11) is 2.04. The summed E-state index contributed by atoms with van der Waals surface area (Å²) in [5.41, 5.74) is 3.67. The van der Waals surface area contributed by atoms with Crippen LogP contribution in [0.4, 0.5) is 11.4 Å². The van der Waals surface area contributed by atoms with Gasteiger partial charge in [-0.3, -0.25) is 0 Å². The summed E-state index contributed by atoms with van der Waals surface area (Å²) in [6, 6.07) is 16.7. The third-order valence-corrected chi connectivity index (χ3v) is 5.43. The maximum Gasteiger partial charge on any atom is 0.173 e. The maximum absolute atomic E-state index is 5.59. The van der Waals surface area contributed by atoms with Crippen molar-refractivity contribution in [3.63, 3.8) is 0 Å². The van der Waals surface area contributed by atoms with Gasteiger partial charge in [-0.2, -0.15) is 0 Å². The zero-order chi connectivity index (χ0) is 17.6. The molecule has 0 spiro atoms. The molecule has 1 saturated heterocycles. The van der Waals surface area contributed by atoms with Crippen LogP contribution in [0.2, 0.25) is 0 Å². The standard InChI is InChI=1S/C20H24BrN3S/c1-23(20(25)22-18-10-7-9-17(21)14-18)15-16-8-3-4-11-19(16)24-12-5-2-6-13-24/h3-4,7-11,14H,2,5-6,12-13,15H2,1H3,(H,22,25). The Bertz CT molecular complexity index is 728. The van der Waals surface area contributed by atoms with Crippen LogP contribution in [-0.4, -0.2) is 30.1 Å². The molecule has 1 heterocycles. The van der Waals surface area contributed by atoms with Crippen LogP contribution in [0, 0.1) is 0 Å². The van der Waals surface area contributed by atoms with Gasteiger partial charge in [-0.05, 0) is 61.3 Å². The molecule has 0 saturated carbocycles. The van der Waals surface area contributed by atoms with Crippen molar-refractivity contribution in [2.75, 3.05) is 30.4 Å². The van der Waals surface area contributed by atoms with E-state index in [1.54, 1.807) is 0 Å². The molecule has 132 valence electrons. The minimum atomic E-state index is 0.728. The van der Waals surface area contributed by atoms with E-state index in [0.29, 0.717) is 0 Å². The predicted octanol–water partition coefficient (Wildman–Crippen LogP) is 5.27. The molecule has 3 rings (SSSR count). The third-order valence-electron chi connectivity index (χ3n) is 4.52. The Labute approximate surface area is 164 Å². The lowest BCUT2D eigenvalue weighted by Crippen LogP contribution is -2.33. The molecule has 0 unspecified atom stereocenters. The summed E-state index contributed by atoms with van der Waals surface area (Å²) in [5.74, 6) is 0. The number of nitrogens with one attached hydrogen (secondary N) is 1. The van der Waals surface area contributed by atoms with Crippen LogP contribution >= 0.6 is 28.1 Å². The van der Waals surface area contributed by atoms with E-state index in [0.717, 1.165) is 34.9 Å². The molecular weight excluding hydrogens is 394 g/mol. The van der Waals surface area contributed by atoms with E-state index < -0.39 is 0 Å². The Kier molecular flexibility index (Phi) is 6.32. The lowest BCUT2D eigenvalue weighted by atomic mass is 10.1. The van der Waals surface area contributed by atoms with E-state index in [2.05, 4.69) is 55.3 Å². The number of halogens is 1. The Morgan fingerprint density at radius 1 is 1.12 bits per heavy atom. The fourth-order valence-corrected chi connectivity index (χ4v) is 3.78. The van der Waals surface area contributed by atoms with E-state index in [1.807, 2.05) is 31.3 Å². The summed E-state index contributed by atoms with van der Waals surface area (Å²) in [6.07, 6.45) is 3.92. The first-order chi connectivity index (χ1) is 12.1. The number of piperidine rings is 1. The minimum absolute atomic E-state index is 0.728. The van der Waals surface area contributed by atoms with Crippen LogP contribution in [-0.2, 0) is 6.54 Å². The molecule has 5 heteroatoms. The lowest BCUT2D eigenvalue weighted by molar-refractivity contribution is 0.505. The Morgan fingerprint density at radius 2 is 1.88 bits per heavy atom. The second-order valence-electron chi connectivity index (χ2n) is 6.47. The highest BCUT2D eigenvalue weighted by atomic mass is 79.9. The number of thiocarbonyl (C=S) groups is 1. The van der Waals surface area contributed by atoms with Gasteiger partial charge in [0.25, 0.3) is 0 Å². The van der Waals surface area contributed by atoms with Gasteiger partial charge in [-0.1, -0.05) is 40.2 Å². The van der Waals surface area contributed by atoms with Crippen molar-refractivity contribution in [2.45, 2.75) is 25.8 Å². The van der Waals surface area contributed by atoms with Gasteiger partial charge in [-0.25, -0.2) is 0 Å². The van der Waals surface area contributed by atoms with Crippen molar-refractivity contribution < 1.29 is 0 Å². The molecule has 0 bridgehead atoms. The van der Waals surface area contributed by atoms with E-state index in [-0.39, 0.29) is 0 Å². The van der Waals surface area contributed by atoms with E-state index >= 15 is 0 Å². The Balaban J connectivity index is 1.68. The van der Waals surface area contributed by atoms with E-state index in [4.69, 9.17) is 12.2 Å². The number of benzene rings is 2. The molecule has 2 aromatic carbocycles. The zero-order valence-electron chi connectivity index (χ0n) is 14.5. The first-order valence-corrected chi connectivity index (χ1v) is 9.94.